The maximum absolute atomic E-state index is 10.9. The van der Waals surface area contributed by atoms with Gasteiger partial charge >= 0.3 is 5.97 Å². The summed E-state index contributed by atoms with van der Waals surface area (Å²) in [5.41, 5.74) is 0.996. The second-order valence-electron chi connectivity index (χ2n) is 3.99. The van der Waals surface area contributed by atoms with E-state index in [-0.39, 0.29) is 6.61 Å². The molecule has 1 aromatic carbocycles. The standard InChI is InChI=1S/C13H19NO4/c1-4-17-12(13(15)16)9-18-11-7-5-6-10(8-11)14(2)3/h5-8,12H,4,9H2,1-3H3,(H,15,16). The third-order valence-corrected chi connectivity index (χ3v) is 2.38. The molecule has 0 radical (unpaired) electrons. The summed E-state index contributed by atoms with van der Waals surface area (Å²) in [5, 5.41) is 8.91. The molecule has 5 heteroatoms. The Morgan fingerprint density at radius 1 is 1.44 bits per heavy atom. The quantitative estimate of drug-likeness (QED) is 0.800. The van der Waals surface area contributed by atoms with E-state index in [1.807, 2.05) is 37.2 Å². The van der Waals surface area contributed by atoms with Gasteiger partial charge in [0.2, 0.25) is 0 Å². The van der Waals surface area contributed by atoms with Crippen LogP contribution >= 0.6 is 0 Å². The predicted octanol–water partition coefficient (Wildman–Crippen LogP) is 1.62. The average molecular weight is 253 g/mol. The van der Waals surface area contributed by atoms with Gasteiger partial charge in [-0.2, -0.15) is 0 Å². The molecular weight excluding hydrogens is 234 g/mol. The van der Waals surface area contributed by atoms with Crippen molar-refractivity contribution in [2.75, 3.05) is 32.2 Å². The van der Waals surface area contributed by atoms with Crippen LogP contribution in [0.1, 0.15) is 6.92 Å². The van der Waals surface area contributed by atoms with Crippen molar-refractivity contribution in [1.29, 1.82) is 0 Å². The van der Waals surface area contributed by atoms with Gasteiger partial charge in [-0.1, -0.05) is 6.07 Å². The van der Waals surface area contributed by atoms with E-state index in [1.165, 1.54) is 0 Å². The minimum absolute atomic E-state index is 0.0000548. The first-order valence-corrected chi connectivity index (χ1v) is 5.79. The van der Waals surface area contributed by atoms with Gasteiger partial charge in [-0.3, -0.25) is 0 Å². The van der Waals surface area contributed by atoms with Crippen LogP contribution in [0, 0.1) is 0 Å². The maximum Gasteiger partial charge on any atom is 0.336 e. The summed E-state index contributed by atoms with van der Waals surface area (Å²) >= 11 is 0. The zero-order valence-corrected chi connectivity index (χ0v) is 10.9. The molecule has 18 heavy (non-hydrogen) atoms. The van der Waals surface area contributed by atoms with Crippen LogP contribution in [-0.2, 0) is 9.53 Å². The summed E-state index contributed by atoms with van der Waals surface area (Å²) in [6, 6.07) is 7.45. The van der Waals surface area contributed by atoms with Crippen molar-refractivity contribution in [2.24, 2.45) is 0 Å². The van der Waals surface area contributed by atoms with Crippen molar-refractivity contribution in [2.45, 2.75) is 13.0 Å². The first kappa shape index (κ1) is 14.3. The van der Waals surface area contributed by atoms with E-state index in [4.69, 9.17) is 14.6 Å². The van der Waals surface area contributed by atoms with Crippen molar-refractivity contribution < 1.29 is 19.4 Å². The number of nitrogens with zero attached hydrogens (tertiary/aromatic N) is 1. The van der Waals surface area contributed by atoms with Gasteiger partial charge in [-0.05, 0) is 19.1 Å². The smallest absolute Gasteiger partial charge is 0.336 e. The van der Waals surface area contributed by atoms with Crippen molar-refractivity contribution in [3.63, 3.8) is 0 Å². The van der Waals surface area contributed by atoms with Crippen LogP contribution < -0.4 is 9.64 Å². The largest absolute Gasteiger partial charge is 0.490 e. The molecule has 100 valence electrons. The van der Waals surface area contributed by atoms with Gasteiger partial charge in [0.05, 0.1) is 0 Å². The van der Waals surface area contributed by atoms with E-state index in [0.717, 1.165) is 5.69 Å². The van der Waals surface area contributed by atoms with Crippen LogP contribution in [0.15, 0.2) is 24.3 Å². The van der Waals surface area contributed by atoms with E-state index in [2.05, 4.69) is 0 Å². The Balaban J connectivity index is 2.61. The van der Waals surface area contributed by atoms with E-state index >= 15 is 0 Å². The predicted molar refractivity (Wildman–Crippen MR) is 69.3 cm³/mol. The molecule has 0 aliphatic heterocycles. The highest BCUT2D eigenvalue weighted by Crippen LogP contribution is 2.19. The third-order valence-electron chi connectivity index (χ3n) is 2.38. The number of carbonyl (C=O) groups is 1. The van der Waals surface area contributed by atoms with Crippen molar-refractivity contribution >= 4 is 11.7 Å². The lowest BCUT2D eigenvalue weighted by molar-refractivity contribution is -0.152. The fourth-order valence-electron chi connectivity index (χ4n) is 1.42. The zero-order chi connectivity index (χ0) is 13.5. The third kappa shape index (κ3) is 4.25. The lowest BCUT2D eigenvalue weighted by atomic mass is 10.3. The summed E-state index contributed by atoms with van der Waals surface area (Å²) in [4.78, 5) is 12.8. The summed E-state index contributed by atoms with van der Waals surface area (Å²) in [5.74, 6) is -0.382. The molecule has 1 atom stereocenters. The van der Waals surface area contributed by atoms with Crippen molar-refractivity contribution in [3.05, 3.63) is 24.3 Å². The Hall–Kier alpha value is -1.75. The van der Waals surface area contributed by atoms with Crippen LogP contribution in [0.5, 0.6) is 5.75 Å². The zero-order valence-electron chi connectivity index (χ0n) is 10.9. The second-order valence-corrected chi connectivity index (χ2v) is 3.99. The Labute approximate surface area is 107 Å². The molecule has 0 aromatic heterocycles. The molecule has 0 spiro atoms. The molecule has 1 unspecified atom stereocenters. The normalized spacial score (nSPS) is 11.9. The number of aliphatic carboxylic acids is 1. The number of rotatable bonds is 7. The lowest BCUT2D eigenvalue weighted by Crippen LogP contribution is -2.30. The van der Waals surface area contributed by atoms with Crippen LogP contribution in [0.4, 0.5) is 5.69 Å². The minimum Gasteiger partial charge on any atom is -0.490 e. The van der Waals surface area contributed by atoms with Crippen molar-refractivity contribution in [3.8, 4) is 5.75 Å². The van der Waals surface area contributed by atoms with Gasteiger partial charge in [-0.15, -0.1) is 0 Å². The summed E-state index contributed by atoms with van der Waals surface area (Å²) < 4.78 is 10.5. The first-order chi connectivity index (χ1) is 8.54. The van der Waals surface area contributed by atoms with Gasteiger partial charge in [0, 0.05) is 32.5 Å². The molecule has 0 saturated carbocycles. The van der Waals surface area contributed by atoms with Crippen LogP contribution in [-0.4, -0.2) is 44.5 Å². The summed E-state index contributed by atoms with van der Waals surface area (Å²) in [7, 11) is 3.86. The molecule has 1 N–H and O–H groups in total. The Kier molecular flexibility index (Phi) is 5.45. The minimum atomic E-state index is -1.01. The molecule has 0 aliphatic rings. The monoisotopic (exact) mass is 253 g/mol. The van der Waals surface area contributed by atoms with Crippen molar-refractivity contribution in [1.82, 2.24) is 0 Å². The highest BCUT2D eigenvalue weighted by molar-refractivity contribution is 5.72. The lowest BCUT2D eigenvalue weighted by Gasteiger charge is -2.16. The molecule has 0 heterocycles. The molecule has 1 rings (SSSR count). The van der Waals surface area contributed by atoms with E-state index < -0.39 is 12.1 Å². The van der Waals surface area contributed by atoms with Gasteiger partial charge in [0.15, 0.2) is 6.10 Å². The highest BCUT2D eigenvalue weighted by Gasteiger charge is 2.18. The van der Waals surface area contributed by atoms with Gasteiger partial charge in [0.25, 0.3) is 0 Å². The molecule has 0 aliphatic carbocycles. The molecule has 0 saturated heterocycles. The molecule has 0 fully saturated rings. The van der Waals surface area contributed by atoms with E-state index in [0.29, 0.717) is 12.4 Å². The maximum atomic E-state index is 10.9. The number of carboxylic acid groups (broad SMARTS) is 1. The summed E-state index contributed by atoms with van der Waals surface area (Å²) in [6.07, 6.45) is -0.932. The molecule has 5 nitrogen and oxygen atoms in total. The Morgan fingerprint density at radius 2 is 2.17 bits per heavy atom. The number of ether oxygens (including phenoxy) is 2. The molecule has 0 amide bonds. The SMILES string of the molecule is CCOC(COc1cccc(N(C)C)c1)C(=O)O. The number of benzene rings is 1. The first-order valence-electron chi connectivity index (χ1n) is 5.79. The number of hydrogen-bond acceptors (Lipinski definition) is 4. The van der Waals surface area contributed by atoms with Crippen LogP contribution in [0.25, 0.3) is 0 Å². The van der Waals surface area contributed by atoms with Gasteiger partial charge in [-0.25, -0.2) is 4.79 Å². The molecule has 1 aromatic rings. The molecule has 0 bridgehead atoms. The van der Waals surface area contributed by atoms with Gasteiger partial charge in [0.1, 0.15) is 12.4 Å². The Bertz CT molecular complexity index is 392. The summed E-state index contributed by atoms with van der Waals surface area (Å²) in [6.45, 7) is 2.10. The van der Waals surface area contributed by atoms with E-state index in [9.17, 15) is 4.79 Å². The number of hydrogen-bond donors (Lipinski definition) is 1. The second kappa shape index (κ2) is 6.86. The van der Waals surface area contributed by atoms with Crippen LogP contribution in [0.3, 0.4) is 0 Å². The fraction of sp³-hybridized carbons (Fsp3) is 0.462. The average Bonchev–Trinajstić information content (AvgIpc) is 2.34. The molecular formula is C13H19NO4. The van der Waals surface area contributed by atoms with E-state index in [1.54, 1.807) is 13.0 Å². The number of carboxylic acids is 1. The Morgan fingerprint density at radius 3 is 2.72 bits per heavy atom. The topological polar surface area (TPSA) is 59.0 Å². The van der Waals surface area contributed by atoms with Crippen LogP contribution in [0.2, 0.25) is 0 Å². The highest BCUT2D eigenvalue weighted by atomic mass is 16.5. The van der Waals surface area contributed by atoms with Gasteiger partial charge < -0.3 is 19.5 Å². The fourth-order valence-corrected chi connectivity index (χ4v) is 1.42. The number of anilines is 1.